The van der Waals surface area contributed by atoms with Crippen molar-refractivity contribution >= 4 is 0 Å². The topological polar surface area (TPSA) is 29.5 Å². The van der Waals surface area contributed by atoms with Crippen LogP contribution in [0.5, 0.6) is 0 Å². The molecular formula is C11H22O2. The van der Waals surface area contributed by atoms with Crippen molar-refractivity contribution in [1.29, 1.82) is 0 Å². The first kappa shape index (κ1) is 12.5. The Hall–Kier alpha value is -0.500. The van der Waals surface area contributed by atoms with Crippen molar-refractivity contribution in [3.63, 3.8) is 0 Å². The Balaban J connectivity index is 3.92. The molecule has 0 radical (unpaired) electrons. The molecule has 0 bridgehead atoms. The average Bonchev–Trinajstić information content (AvgIpc) is 2.02. The van der Waals surface area contributed by atoms with Crippen LogP contribution >= 0.6 is 0 Å². The lowest BCUT2D eigenvalue weighted by molar-refractivity contribution is 0.0852. The first-order valence-corrected chi connectivity index (χ1v) is 5.02. The molecule has 0 aliphatic heterocycles. The predicted molar refractivity (Wildman–Crippen MR) is 55.9 cm³/mol. The van der Waals surface area contributed by atoms with Crippen LogP contribution in [0.25, 0.3) is 0 Å². The van der Waals surface area contributed by atoms with Gasteiger partial charge in [0.15, 0.2) is 0 Å². The third-order valence-corrected chi connectivity index (χ3v) is 1.91. The van der Waals surface area contributed by atoms with Crippen molar-refractivity contribution in [1.82, 2.24) is 0 Å². The summed E-state index contributed by atoms with van der Waals surface area (Å²) in [4.78, 5) is 0. The molecule has 0 spiro atoms. The van der Waals surface area contributed by atoms with E-state index in [0.29, 0.717) is 18.1 Å². The highest BCUT2D eigenvalue weighted by Crippen LogP contribution is 2.12. The second-order valence-corrected chi connectivity index (χ2v) is 3.75. The normalized spacial score (nSPS) is 15.0. The van der Waals surface area contributed by atoms with Crippen molar-refractivity contribution in [2.45, 2.75) is 46.1 Å². The van der Waals surface area contributed by atoms with Crippen LogP contribution in [0, 0.1) is 5.92 Å². The van der Waals surface area contributed by atoms with E-state index >= 15 is 0 Å². The lowest BCUT2D eigenvalue weighted by atomic mass is 10.1. The fourth-order valence-electron chi connectivity index (χ4n) is 1.31. The Labute approximate surface area is 81.6 Å². The second kappa shape index (κ2) is 6.96. The molecule has 0 aliphatic rings. The number of allylic oxidation sites excluding steroid dienone is 1. The van der Waals surface area contributed by atoms with E-state index in [1.54, 1.807) is 7.11 Å². The van der Waals surface area contributed by atoms with Gasteiger partial charge in [0.25, 0.3) is 0 Å². The van der Waals surface area contributed by atoms with Crippen LogP contribution in [0.1, 0.15) is 40.0 Å². The van der Waals surface area contributed by atoms with Gasteiger partial charge < -0.3 is 9.84 Å². The predicted octanol–water partition coefficient (Wildman–Crippen LogP) is 3.29. The van der Waals surface area contributed by atoms with Gasteiger partial charge in [-0.25, -0.2) is 0 Å². The average molecular weight is 186 g/mol. The fraction of sp³-hybridized carbons (Fsp3) is 0.818. The van der Waals surface area contributed by atoms with Crippen molar-refractivity contribution in [3.8, 4) is 0 Å². The van der Waals surface area contributed by atoms with E-state index in [0.717, 1.165) is 12.8 Å². The Bertz CT molecular complexity index is 150. The van der Waals surface area contributed by atoms with Crippen LogP contribution in [0.3, 0.4) is 0 Å². The molecule has 0 amide bonds. The van der Waals surface area contributed by atoms with Crippen LogP contribution in [0.4, 0.5) is 0 Å². The van der Waals surface area contributed by atoms with E-state index in [4.69, 9.17) is 4.74 Å². The van der Waals surface area contributed by atoms with E-state index in [1.165, 1.54) is 0 Å². The SMILES string of the molecule is CCCC(CC(O)=CC(C)C)OC. The van der Waals surface area contributed by atoms with Crippen molar-refractivity contribution in [2.24, 2.45) is 5.92 Å². The summed E-state index contributed by atoms with van der Waals surface area (Å²) in [6.45, 7) is 6.23. The lowest BCUT2D eigenvalue weighted by Gasteiger charge is -2.13. The zero-order valence-corrected chi connectivity index (χ0v) is 9.21. The van der Waals surface area contributed by atoms with Crippen molar-refractivity contribution < 1.29 is 9.84 Å². The van der Waals surface area contributed by atoms with Crippen LogP contribution in [0.2, 0.25) is 0 Å². The molecule has 0 aromatic carbocycles. The minimum absolute atomic E-state index is 0.167. The van der Waals surface area contributed by atoms with Gasteiger partial charge in [-0.2, -0.15) is 0 Å². The maximum absolute atomic E-state index is 9.53. The van der Waals surface area contributed by atoms with Crippen molar-refractivity contribution in [2.75, 3.05) is 7.11 Å². The van der Waals surface area contributed by atoms with Crippen LogP contribution < -0.4 is 0 Å². The summed E-state index contributed by atoms with van der Waals surface area (Å²) in [5.41, 5.74) is 0. The second-order valence-electron chi connectivity index (χ2n) is 3.75. The monoisotopic (exact) mass is 186 g/mol. The molecule has 1 atom stereocenters. The molecular weight excluding hydrogens is 164 g/mol. The molecule has 0 aliphatic carbocycles. The molecule has 0 aromatic heterocycles. The molecule has 0 saturated heterocycles. The molecule has 1 N–H and O–H groups in total. The molecule has 2 heteroatoms. The van der Waals surface area contributed by atoms with Gasteiger partial charge in [0.05, 0.1) is 11.9 Å². The molecule has 0 rings (SSSR count). The molecule has 0 saturated carbocycles. The zero-order valence-electron chi connectivity index (χ0n) is 9.21. The van der Waals surface area contributed by atoms with E-state index in [-0.39, 0.29) is 6.10 Å². The summed E-state index contributed by atoms with van der Waals surface area (Å²) < 4.78 is 5.24. The quantitative estimate of drug-likeness (QED) is 0.645. The number of hydrogen-bond donors (Lipinski definition) is 1. The summed E-state index contributed by atoms with van der Waals surface area (Å²) in [7, 11) is 1.70. The number of ether oxygens (including phenoxy) is 1. The number of methoxy groups -OCH3 is 1. The maximum Gasteiger partial charge on any atom is 0.0911 e. The Morgan fingerprint density at radius 2 is 2.08 bits per heavy atom. The molecule has 0 fully saturated rings. The molecule has 13 heavy (non-hydrogen) atoms. The summed E-state index contributed by atoms with van der Waals surface area (Å²) >= 11 is 0. The third-order valence-electron chi connectivity index (χ3n) is 1.91. The van der Waals surface area contributed by atoms with Crippen LogP contribution in [-0.4, -0.2) is 18.3 Å². The minimum Gasteiger partial charge on any atom is -0.513 e. The summed E-state index contributed by atoms with van der Waals surface area (Å²) in [5, 5.41) is 9.53. The summed E-state index contributed by atoms with van der Waals surface area (Å²) in [6.07, 6.45) is 4.78. The van der Waals surface area contributed by atoms with E-state index < -0.39 is 0 Å². The first-order valence-electron chi connectivity index (χ1n) is 5.02. The number of rotatable bonds is 6. The lowest BCUT2D eigenvalue weighted by Crippen LogP contribution is -2.11. The Morgan fingerprint density at radius 3 is 2.46 bits per heavy atom. The van der Waals surface area contributed by atoms with Gasteiger partial charge in [0.1, 0.15) is 0 Å². The van der Waals surface area contributed by atoms with Gasteiger partial charge in [0, 0.05) is 13.5 Å². The Kier molecular flexibility index (Phi) is 6.69. The summed E-state index contributed by atoms with van der Waals surface area (Å²) in [5.74, 6) is 0.856. The summed E-state index contributed by atoms with van der Waals surface area (Å²) in [6, 6.07) is 0. The number of aliphatic hydroxyl groups excluding tert-OH is 1. The highest BCUT2D eigenvalue weighted by Gasteiger charge is 2.08. The molecule has 78 valence electrons. The van der Waals surface area contributed by atoms with Gasteiger partial charge in [-0.3, -0.25) is 0 Å². The zero-order chi connectivity index (χ0) is 10.3. The third kappa shape index (κ3) is 6.64. The molecule has 0 heterocycles. The van der Waals surface area contributed by atoms with Gasteiger partial charge >= 0.3 is 0 Å². The minimum atomic E-state index is 0.167. The highest BCUT2D eigenvalue weighted by atomic mass is 16.5. The number of aliphatic hydroxyl groups is 1. The van der Waals surface area contributed by atoms with E-state index in [9.17, 15) is 5.11 Å². The fourth-order valence-corrected chi connectivity index (χ4v) is 1.31. The Morgan fingerprint density at radius 1 is 1.46 bits per heavy atom. The molecule has 0 aromatic rings. The smallest absolute Gasteiger partial charge is 0.0911 e. The highest BCUT2D eigenvalue weighted by molar-refractivity contribution is 4.94. The van der Waals surface area contributed by atoms with Gasteiger partial charge in [-0.15, -0.1) is 0 Å². The van der Waals surface area contributed by atoms with E-state index in [1.807, 2.05) is 6.08 Å². The van der Waals surface area contributed by atoms with Gasteiger partial charge in [-0.1, -0.05) is 27.2 Å². The van der Waals surface area contributed by atoms with E-state index in [2.05, 4.69) is 20.8 Å². The van der Waals surface area contributed by atoms with Gasteiger partial charge in [-0.05, 0) is 18.4 Å². The van der Waals surface area contributed by atoms with Crippen LogP contribution in [0.15, 0.2) is 11.8 Å². The standard InChI is InChI=1S/C11H22O2/c1-5-6-11(13-4)8-10(12)7-9(2)3/h7,9,11-12H,5-6,8H2,1-4H3. The molecule has 1 unspecified atom stereocenters. The first-order chi connectivity index (χ1) is 6.10. The van der Waals surface area contributed by atoms with Crippen molar-refractivity contribution in [3.05, 3.63) is 11.8 Å². The largest absolute Gasteiger partial charge is 0.513 e. The molecule has 2 nitrogen and oxygen atoms in total. The maximum atomic E-state index is 9.53. The van der Waals surface area contributed by atoms with Gasteiger partial charge in [0.2, 0.25) is 0 Å². The number of hydrogen-bond acceptors (Lipinski definition) is 2. The van der Waals surface area contributed by atoms with Crippen LogP contribution in [-0.2, 0) is 4.74 Å².